The number of nitrogens with one attached hydrogen (secondary N) is 1. The number of ether oxygens (including phenoxy) is 1. The molecule has 2 amide bonds. The number of methoxy groups -OCH3 is 1. The molecule has 1 N–H and O–H groups in total. The molecule has 0 aliphatic carbocycles. The molecule has 11 heteroatoms. The van der Waals surface area contributed by atoms with Crippen molar-refractivity contribution in [1.29, 1.82) is 0 Å². The molecule has 1 atom stereocenters. The Hall–Kier alpha value is -2.30. The smallest absolute Gasteiger partial charge is 0.242 e. The number of amides is 2. The van der Waals surface area contributed by atoms with Crippen LogP contribution >= 0.6 is 27.5 Å². The fourth-order valence-electron chi connectivity index (χ4n) is 3.72. The highest BCUT2D eigenvalue weighted by Crippen LogP contribution is 2.30. The number of hydrogen-bond donors (Lipinski definition) is 1. The van der Waals surface area contributed by atoms with Gasteiger partial charge in [0.2, 0.25) is 21.8 Å². The number of nitrogens with zero attached hydrogens (tertiary/aromatic N) is 2. The molecule has 0 radical (unpaired) electrons. The average Bonchev–Trinajstić information content (AvgIpc) is 2.85. The Balaban J connectivity index is 2.16. The monoisotopic (exact) mass is 615 g/mol. The largest absolute Gasteiger partial charge is 0.495 e. The van der Waals surface area contributed by atoms with Gasteiger partial charge in [0.05, 0.1) is 24.1 Å². The number of hydrogen-bond acceptors (Lipinski definition) is 5. The molecule has 0 bridgehead atoms. The van der Waals surface area contributed by atoms with E-state index in [1.54, 1.807) is 24.0 Å². The Labute approximate surface area is 233 Å². The van der Waals surface area contributed by atoms with E-state index in [-0.39, 0.29) is 42.8 Å². The van der Waals surface area contributed by atoms with E-state index in [4.69, 9.17) is 16.3 Å². The van der Waals surface area contributed by atoms with Crippen molar-refractivity contribution in [3.05, 3.63) is 57.5 Å². The summed E-state index contributed by atoms with van der Waals surface area (Å²) in [6, 6.07) is 11.6. The summed E-state index contributed by atoms with van der Waals surface area (Å²) in [5, 5.41) is 3.18. The summed E-state index contributed by atoms with van der Waals surface area (Å²) in [6.07, 6.45) is 3.24. The zero-order valence-corrected chi connectivity index (χ0v) is 24.8. The Morgan fingerprint density at radius 3 is 2.38 bits per heavy atom. The third-order valence-electron chi connectivity index (χ3n) is 5.84. The van der Waals surface area contributed by atoms with Gasteiger partial charge < -0.3 is 15.0 Å². The summed E-state index contributed by atoms with van der Waals surface area (Å²) < 4.78 is 32.3. The summed E-state index contributed by atoms with van der Waals surface area (Å²) in [5.41, 5.74) is 1.27. The molecule has 2 rings (SSSR count). The first-order chi connectivity index (χ1) is 17.5. The second-order valence-corrected chi connectivity index (χ2v) is 12.0. The zero-order chi connectivity index (χ0) is 27.6. The second kappa shape index (κ2) is 14.6. The summed E-state index contributed by atoms with van der Waals surface area (Å²) in [6.45, 7) is 4.64. The number of sulfonamides is 1. The van der Waals surface area contributed by atoms with Crippen LogP contribution < -0.4 is 14.4 Å². The van der Waals surface area contributed by atoms with Crippen LogP contribution in [0, 0.1) is 0 Å². The van der Waals surface area contributed by atoms with Gasteiger partial charge in [0.15, 0.2) is 0 Å². The molecule has 2 aromatic rings. The molecule has 0 fully saturated rings. The molecule has 0 saturated carbocycles. The van der Waals surface area contributed by atoms with Gasteiger partial charge in [-0.1, -0.05) is 53.0 Å². The van der Waals surface area contributed by atoms with Crippen LogP contribution in [-0.2, 0) is 26.2 Å². The molecule has 2 aromatic carbocycles. The fraction of sp³-hybridized carbons (Fsp3) is 0.462. The van der Waals surface area contributed by atoms with E-state index >= 15 is 0 Å². The lowest BCUT2D eigenvalue weighted by atomic mass is 10.1. The quantitative estimate of drug-likeness (QED) is 0.302. The van der Waals surface area contributed by atoms with E-state index < -0.39 is 16.1 Å². The van der Waals surface area contributed by atoms with Crippen molar-refractivity contribution in [2.24, 2.45) is 0 Å². The van der Waals surface area contributed by atoms with E-state index in [1.165, 1.54) is 17.5 Å². The van der Waals surface area contributed by atoms with E-state index in [9.17, 15) is 18.0 Å². The minimum absolute atomic E-state index is 0.0685. The van der Waals surface area contributed by atoms with Gasteiger partial charge in [-0.3, -0.25) is 13.9 Å². The van der Waals surface area contributed by atoms with Crippen LogP contribution in [0.5, 0.6) is 5.75 Å². The third kappa shape index (κ3) is 9.50. The number of unbranched alkanes of at least 4 members (excludes halogenated alkanes) is 1. The summed E-state index contributed by atoms with van der Waals surface area (Å²) >= 11 is 9.61. The topological polar surface area (TPSA) is 96.0 Å². The van der Waals surface area contributed by atoms with Gasteiger partial charge in [-0.15, -0.1) is 0 Å². The van der Waals surface area contributed by atoms with Crippen LogP contribution in [0.4, 0.5) is 5.69 Å². The number of benzene rings is 2. The number of carbonyl (C=O) groups excluding carboxylic acids is 2. The van der Waals surface area contributed by atoms with E-state index in [0.717, 1.165) is 29.1 Å². The van der Waals surface area contributed by atoms with E-state index in [0.29, 0.717) is 18.0 Å². The van der Waals surface area contributed by atoms with Gasteiger partial charge in [-0.05, 0) is 55.7 Å². The van der Waals surface area contributed by atoms with Crippen LogP contribution in [0.1, 0.15) is 45.1 Å². The molecule has 204 valence electrons. The van der Waals surface area contributed by atoms with Gasteiger partial charge in [0.25, 0.3) is 0 Å². The molecule has 37 heavy (non-hydrogen) atoms. The molecule has 0 spiro atoms. The molecular weight excluding hydrogens is 582 g/mol. The minimum atomic E-state index is -3.63. The highest BCUT2D eigenvalue weighted by molar-refractivity contribution is 9.10. The van der Waals surface area contributed by atoms with Gasteiger partial charge in [-0.2, -0.15) is 0 Å². The lowest BCUT2D eigenvalue weighted by Gasteiger charge is -2.29. The maximum Gasteiger partial charge on any atom is 0.242 e. The predicted molar refractivity (Wildman–Crippen MR) is 151 cm³/mol. The minimum Gasteiger partial charge on any atom is -0.495 e. The lowest BCUT2D eigenvalue weighted by Crippen LogP contribution is -2.47. The van der Waals surface area contributed by atoms with Crippen molar-refractivity contribution < 1.29 is 22.7 Å². The van der Waals surface area contributed by atoms with E-state index in [1.807, 2.05) is 31.2 Å². The van der Waals surface area contributed by atoms with Gasteiger partial charge in [0.1, 0.15) is 11.8 Å². The van der Waals surface area contributed by atoms with Crippen LogP contribution in [0.15, 0.2) is 46.9 Å². The van der Waals surface area contributed by atoms with Crippen LogP contribution in [-0.4, -0.2) is 57.6 Å². The van der Waals surface area contributed by atoms with Gasteiger partial charge >= 0.3 is 0 Å². The second-order valence-electron chi connectivity index (χ2n) is 8.73. The number of anilines is 1. The predicted octanol–water partition coefficient (Wildman–Crippen LogP) is 4.99. The first-order valence-electron chi connectivity index (χ1n) is 12.1. The molecular formula is C26H35BrClN3O5S. The fourth-order valence-corrected chi connectivity index (χ4v) is 5.19. The summed E-state index contributed by atoms with van der Waals surface area (Å²) in [4.78, 5) is 27.6. The van der Waals surface area contributed by atoms with Crippen molar-refractivity contribution >= 4 is 55.1 Å². The SMILES string of the molecule is CCCCNC(=O)[C@H](C)N(Cc1ccc(Br)cc1)C(=O)CCCN(c1ccc(OC)c(Cl)c1)S(C)(=O)=O. The van der Waals surface area contributed by atoms with Crippen LogP contribution in [0.25, 0.3) is 0 Å². The van der Waals surface area contributed by atoms with E-state index in [2.05, 4.69) is 21.2 Å². The normalized spacial score (nSPS) is 12.1. The van der Waals surface area contributed by atoms with Gasteiger partial charge in [-0.25, -0.2) is 8.42 Å². The standard InChI is InChI=1S/C26H35BrClN3O5S/c1-5-6-15-29-26(33)19(2)30(18-20-9-11-21(27)12-10-20)25(32)8-7-16-31(37(4,34)35)22-13-14-24(36-3)23(28)17-22/h9-14,17,19H,5-8,15-16,18H2,1-4H3,(H,29,33)/t19-/m0/s1. The Morgan fingerprint density at radius 2 is 1.81 bits per heavy atom. The Kier molecular flexibility index (Phi) is 12.2. The first-order valence-corrected chi connectivity index (χ1v) is 15.1. The Morgan fingerprint density at radius 1 is 1.14 bits per heavy atom. The van der Waals surface area contributed by atoms with Crippen molar-refractivity contribution in [1.82, 2.24) is 10.2 Å². The lowest BCUT2D eigenvalue weighted by molar-refractivity contribution is -0.140. The van der Waals surface area contributed by atoms with Crippen molar-refractivity contribution in [3.63, 3.8) is 0 Å². The molecule has 0 aliphatic heterocycles. The molecule has 8 nitrogen and oxygen atoms in total. The highest BCUT2D eigenvalue weighted by atomic mass is 79.9. The molecule has 0 saturated heterocycles. The summed E-state index contributed by atoms with van der Waals surface area (Å²) in [5.74, 6) is -0.0179. The van der Waals surface area contributed by atoms with Crippen molar-refractivity contribution in [3.8, 4) is 5.75 Å². The Bertz CT molecular complexity index is 1160. The summed E-state index contributed by atoms with van der Waals surface area (Å²) in [7, 11) is -2.15. The van der Waals surface area contributed by atoms with Crippen LogP contribution in [0.2, 0.25) is 5.02 Å². The maximum absolute atomic E-state index is 13.3. The molecule has 0 unspecified atom stereocenters. The third-order valence-corrected chi connectivity index (χ3v) is 7.86. The average molecular weight is 617 g/mol. The highest BCUT2D eigenvalue weighted by Gasteiger charge is 2.26. The first kappa shape index (κ1) is 30.9. The molecule has 0 heterocycles. The van der Waals surface area contributed by atoms with Crippen molar-refractivity contribution in [2.45, 2.75) is 52.1 Å². The molecule has 0 aromatic heterocycles. The number of rotatable bonds is 14. The van der Waals surface area contributed by atoms with Gasteiger partial charge in [0, 0.05) is 30.5 Å². The maximum atomic E-state index is 13.3. The molecule has 0 aliphatic rings. The van der Waals surface area contributed by atoms with Crippen molar-refractivity contribution in [2.75, 3.05) is 30.8 Å². The number of carbonyl (C=O) groups is 2. The zero-order valence-electron chi connectivity index (χ0n) is 21.7. The van der Waals surface area contributed by atoms with Crippen LogP contribution in [0.3, 0.4) is 0 Å². The number of halogens is 2.